The fourth-order valence-corrected chi connectivity index (χ4v) is 0.866. The Morgan fingerprint density at radius 3 is 2.47 bits per heavy atom. The maximum atomic E-state index is 11.2. The molecule has 0 aliphatic rings. The van der Waals surface area contributed by atoms with E-state index in [4.69, 9.17) is 17.2 Å². The van der Waals surface area contributed by atoms with Crippen molar-refractivity contribution in [2.24, 2.45) is 22.2 Å². The average Bonchev–Trinajstić information content (AvgIpc) is 2.30. The van der Waals surface area contributed by atoms with Gasteiger partial charge < -0.3 is 17.2 Å². The summed E-state index contributed by atoms with van der Waals surface area (Å²) in [5.41, 5.74) is 15.7. The Morgan fingerprint density at radius 1 is 1.29 bits per heavy atom. The molecule has 17 heavy (non-hydrogen) atoms. The second-order valence-corrected chi connectivity index (χ2v) is 3.39. The van der Waals surface area contributed by atoms with Gasteiger partial charge >= 0.3 is 11.9 Å². The Balaban J connectivity index is 3.74. The molecule has 0 aromatic carbocycles. The molecule has 98 valence electrons. The summed E-state index contributed by atoms with van der Waals surface area (Å²) in [6, 6.07) is -0.892. The zero-order valence-corrected chi connectivity index (χ0v) is 10.1. The molecule has 6 N–H and O–H groups in total. The van der Waals surface area contributed by atoms with Crippen LogP contribution in [0.2, 0.25) is 0 Å². The fourth-order valence-electron chi connectivity index (χ4n) is 0.813. The maximum absolute atomic E-state index is 11.2. The zero-order chi connectivity index (χ0) is 13.3. The van der Waals surface area contributed by atoms with Crippen LogP contribution in [-0.4, -0.2) is 36.2 Å². The number of guanidine groups is 1. The van der Waals surface area contributed by atoms with Gasteiger partial charge in [0, 0.05) is 6.54 Å². The van der Waals surface area contributed by atoms with E-state index < -0.39 is 18.0 Å². The largest absolute Gasteiger partial charge is 0.372 e. The van der Waals surface area contributed by atoms with E-state index in [1.165, 1.54) is 0 Å². The van der Waals surface area contributed by atoms with Crippen molar-refractivity contribution in [3.05, 3.63) is 0 Å². The summed E-state index contributed by atoms with van der Waals surface area (Å²) in [6.45, 7) is 0.361. The SMILES string of the molecule is NC(N)=NCCCC(N)C(=O)OOC(=O)CS. The van der Waals surface area contributed by atoms with E-state index in [9.17, 15) is 9.59 Å². The van der Waals surface area contributed by atoms with Crippen LogP contribution in [-0.2, 0) is 19.4 Å². The lowest BCUT2D eigenvalue weighted by Crippen LogP contribution is -2.33. The van der Waals surface area contributed by atoms with Crippen LogP contribution in [0.1, 0.15) is 12.8 Å². The first-order valence-electron chi connectivity index (χ1n) is 4.80. The molecule has 9 heteroatoms. The van der Waals surface area contributed by atoms with E-state index in [0.717, 1.165) is 0 Å². The van der Waals surface area contributed by atoms with Gasteiger partial charge in [-0.25, -0.2) is 19.4 Å². The molecule has 1 atom stereocenters. The lowest BCUT2D eigenvalue weighted by molar-refractivity contribution is -0.257. The number of nitrogens with zero attached hydrogens (tertiary/aromatic N) is 1. The summed E-state index contributed by atoms with van der Waals surface area (Å²) in [4.78, 5) is 33.8. The van der Waals surface area contributed by atoms with E-state index in [1.54, 1.807) is 0 Å². The van der Waals surface area contributed by atoms with Crippen LogP contribution < -0.4 is 17.2 Å². The minimum atomic E-state index is -0.892. The van der Waals surface area contributed by atoms with Gasteiger partial charge in [0.2, 0.25) is 0 Å². The third kappa shape index (κ3) is 8.34. The Bertz CT molecular complexity index is 293. The highest BCUT2D eigenvalue weighted by Gasteiger charge is 2.17. The summed E-state index contributed by atoms with van der Waals surface area (Å²) in [7, 11) is 0. The van der Waals surface area contributed by atoms with E-state index in [2.05, 4.69) is 27.4 Å². The third-order valence-corrected chi connectivity index (χ3v) is 1.87. The highest BCUT2D eigenvalue weighted by atomic mass is 32.1. The topological polar surface area (TPSA) is 143 Å². The predicted octanol–water partition coefficient (Wildman–Crippen LogP) is -1.70. The molecule has 1 unspecified atom stereocenters. The Labute approximate surface area is 104 Å². The smallest absolute Gasteiger partial charge is 0.370 e. The lowest BCUT2D eigenvalue weighted by Gasteiger charge is -2.08. The van der Waals surface area contributed by atoms with Crippen molar-refractivity contribution in [3.8, 4) is 0 Å². The molecule has 0 aromatic heterocycles. The molecule has 0 fully saturated rings. The summed E-state index contributed by atoms with van der Waals surface area (Å²) >= 11 is 3.62. The first-order chi connectivity index (χ1) is 7.97. The summed E-state index contributed by atoms with van der Waals surface area (Å²) < 4.78 is 0. The fraction of sp³-hybridized carbons (Fsp3) is 0.625. The van der Waals surface area contributed by atoms with Crippen molar-refractivity contribution in [1.29, 1.82) is 0 Å². The summed E-state index contributed by atoms with van der Waals surface area (Å²) in [5.74, 6) is -1.81. The van der Waals surface area contributed by atoms with Gasteiger partial charge in [-0.1, -0.05) is 0 Å². The van der Waals surface area contributed by atoms with Crippen LogP contribution in [0.5, 0.6) is 0 Å². The minimum absolute atomic E-state index is 0.0242. The van der Waals surface area contributed by atoms with Gasteiger partial charge in [0.05, 0.1) is 5.75 Å². The van der Waals surface area contributed by atoms with Crippen molar-refractivity contribution in [1.82, 2.24) is 0 Å². The van der Waals surface area contributed by atoms with Crippen LogP contribution in [0, 0.1) is 0 Å². The van der Waals surface area contributed by atoms with Crippen molar-refractivity contribution in [3.63, 3.8) is 0 Å². The number of rotatable bonds is 6. The van der Waals surface area contributed by atoms with Gasteiger partial charge in [-0.15, -0.1) is 0 Å². The van der Waals surface area contributed by atoms with Crippen LogP contribution in [0.3, 0.4) is 0 Å². The van der Waals surface area contributed by atoms with Gasteiger partial charge in [-0.2, -0.15) is 12.6 Å². The van der Waals surface area contributed by atoms with Gasteiger partial charge in [-0.05, 0) is 12.8 Å². The predicted molar refractivity (Wildman–Crippen MR) is 63.9 cm³/mol. The number of carbonyl (C=O) groups excluding carboxylic acids is 2. The second-order valence-electron chi connectivity index (χ2n) is 3.07. The van der Waals surface area contributed by atoms with Crippen molar-refractivity contribution in [2.75, 3.05) is 12.3 Å². The van der Waals surface area contributed by atoms with Crippen LogP contribution >= 0.6 is 12.6 Å². The average molecular weight is 264 g/mol. The molecule has 0 aromatic rings. The van der Waals surface area contributed by atoms with Crippen LogP contribution in [0.15, 0.2) is 4.99 Å². The van der Waals surface area contributed by atoms with E-state index in [1.807, 2.05) is 0 Å². The van der Waals surface area contributed by atoms with E-state index >= 15 is 0 Å². The van der Waals surface area contributed by atoms with Crippen LogP contribution in [0.4, 0.5) is 0 Å². The van der Waals surface area contributed by atoms with Gasteiger partial charge in [-0.3, -0.25) is 4.99 Å². The van der Waals surface area contributed by atoms with E-state index in [0.29, 0.717) is 19.4 Å². The molecule has 0 radical (unpaired) electrons. The second kappa shape index (κ2) is 8.65. The van der Waals surface area contributed by atoms with E-state index in [-0.39, 0.29) is 11.7 Å². The van der Waals surface area contributed by atoms with Crippen molar-refractivity contribution < 1.29 is 19.4 Å². The summed E-state index contributed by atoms with van der Waals surface area (Å²) in [5, 5.41) is 0. The number of carbonyl (C=O) groups is 2. The normalized spacial score (nSPS) is 11.4. The Kier molecular flexibility index (Phi) is 7.89. The lowest BCUT2D eigenvalue weighted by atomic mass is 10.2. The molecule has 0 heterocycles. The quantitative estimate of drug-likeness (QED) is 0.112. The number of hydrogen-bond acceptors (Lipinski definition) is 7. The molecule has 0 spiro atoms. The zero-order valence-electron chi connectivity index (χ0n) is 9.17. The molecule has 0 saturated carbocycles. The number of aliphatic imine (C=N–C) groups is 1. The molecule has 8 nitrogen and oxygen atoms in total. The summed E-state index contributed by atoms with van der Waals surface area (Å²) in [6.07, 6.45) is 0.822. The Morgan fingerprint density at radius 2 is 1.94 bits per heavy atom. The Hall–Kier alpha value is -1.48. The molecule has 0 rings (SSSR count). The maximum Gasteiger partial charge on any atom is 0.372 e. The number of nitrogens with two attached hydrogens (primary N) is 3. The molecule has 0 bridgehead atoms. The van der Waals surface area contributed by atoms with Crippen molar-refractivity contribution in [2.45, 2.75) is 18.9 Å². The van der Waals surface area contributed by atoms with Gasteiger partial charge in [0.15, 0.2) is 5.96 Å². The first-order valence-corrected chi connectivity index (χ1v) is 5.43. The monoisotopic (exact) mass is 264 g/mol. The third-order valence-electron chi connectivity index (χ3n) is 1.62. The van der Waals surface area contributed by atoms with Gasteiger partial charge in [0.1, 0.15) is 6.04 Å². The standard InChI is InChI=1S/C8H16N4O4S/c9-5(2-1-3-12-8(10)11)7(14)16-15-6(13)4-17/h5,17H,1-4,9H2,(H4,10,11,12). The highest BCUT2D eigenvalue weighted by Crippen LogP contribution is 1.98. The van der Waals surface area contributed by atoms with Gasteiger partial charge in [0.25, 0.3) is 0 Å². The van der Waals surface area contributed by atoms with Crippen molar-refractivity contribution >= 4 is 30.5 Å². The number of hydrogen-bond donors (Lipinski definition) is 4. The minimum Gasteiger partial charge on any atom is -0.370 e. The molecule has 0 aliphatic heterocycles. The molecule has 0 aliphatic carbocycles. The van der Waals surface area contributed by atoms with Crippen LogP contribution in [0.25, 0.3) is 0 Å². The molecular weight excluding hydrogens is 248 g/mol. The molecule has 0 amide bonds. The number of thiol groups is 1. The highest BCUT2D eigenvalue weighted by molar-refractivity contribution is 7.81. The first kappa shape index (κ1) is 15.5. The molecular formula is C8H16N4O4S. The molecule has 0 saturated heterocycles.